The molecule has 0 saturated heterocycles. The molecule has 3 N–H and O–H groups in total. The Kier molecular flexibility index (Phi) is 49.9. The van der Waals surface area contributed by atoms with Gasteiger partial charge in [0.15, 0.2) is 0 Å². The van der Waals surface area contributed by atoms with E-state index >= 15 is 0 Å². The van der Waals surface area contributed by atoms with Crippen LogP contribution >= 0.6 is 7.82 Å². The van der Waals surface area contributed by atoms with Crippen LogP contribution in [0.25, 0.3) is 0 Å². The fourth-order valence-electron chi connectivity index (χ4n) is 8.09. The minimum atomic E-state index is -4.36. The maximum Gasteiger partial charge on any atom is 0.472 e. The van der Waals surface area contributed by atoms with Crippen molar-refractivity contribution in [3.05, 3.63) is 85.1 Å². The third-order valence-electron chi connectivity index (χ3n) is 12.6. The molecule has 0 saturated carbocycles. The minimum Gasteiger partial charge on any atom is -0.387 e. The molecule has 0 aromatic heterocycles. The van der Waals surface area contributed by atoms with Gasteiger partial charge in [-0.05, 0) is 77.0 Å². The van der Waals surface area contributed by atoms with Gasteiger partial charge < -0.3 is 19.8 Å². The zero-order valence-electron chi connectivity index (χ0n) is 46.2. The molecule has 0 fully saturated rings. The number of quaternary nitrogens is 1. The number of nitrogens with one attached hydrogen (secondary N) is 1. The quantitative estimate of drug-likeness (QED) is 0.0243. The lowest BCUT2D eigenvalue weighted by atomic mass is 10.0. The number of unbranched alkanes of at least 4 members (excludes halogenated alkanes) is 27. The van der Waals surface area contributed by atoms with Gasteiger partial charge >= 0.3 is 7.82 Å². The van der Waals surface area contributed by atoms with Gasteiger partial charge in [-0.3, -0.25) is 13.8 Å². The molecule has 9 heteroatoms. The van der Waals surface area contributed by atoms with Gasteiger partial charge in [0.1, 0.15) is 13.2 Å². The summed E-state index contributed by atoms with van der Waals surface area (Å²) in [6.45, 7) is 4.69. The van der Waals surface area contributed by atoms with Gasteiger partial charge in [0.05, 0.1) is 39.9 Å². The van der Waals surface area contributed by atoms with Crippen molar-refractivity contribution in [3.63, 3.8) is 0 Å². The summed E-state index contributed by atoms with van der Waals surface area (Å²) >= 11 is 0. The second kappa shape index (κ2) is 51.6. The smallest absolute Gasteiger partial charge is 0.387 e. The molecule has 0 spiro atoms. The average Bonchev–Trinajstić information content (AvgIpc) is 3.32. The van der Waals surface area contributed by atoms with Crippen molar-refractivity contribution in [2.45, 2.75) is 257 Å². The predicted octanol–water partition coefficient (Wildman–Crippen LogP) is 17.6. The van der Waals surface area contributed by atoms with Crippen molar-refractivity contribution >= 4 is 13.7 Å². The van der Waals surface area contributed by atoms with Crippen LogP contribution < -0.4 is 5.32 Å². The first-order valence-corrected chi connectivity index (χ1v) is 30.5. The summed E-state index contributed by atoms with van der Waals surface area (Å²) in [7, 11) is 1.55. The van der Waals surface area contributed by atoms with Crippen LogP contribution in [0.2, 0.25) is 0 Å². The third kappa shape index (κ3) is 53.5. The lowest BCUT2D eigenvalue weighted by Gasteiger charge is -2.25. The molecule has 0 aliphatic carbocycles. The van der Waals surface area contributed by atoms with E-state index < -0.39 is 20.0 Å². The van der Waals surface area contributed by atoms with Gasteiger partial charge in [-0.15, -0.1) is 0 Å². The number of amides is 1. The van der Waals surface area contributed by atoms with E-state index in [0.29, 0.717) is 17.4 Å². The van der Waals surface area contributed by atoms with Crippen molar-refractivity contribution in [2.75, 3.05) is 40.9 Å². The molecular weight excluding hydrogens is 888 g/mol. The van der Waals surface area contributed by atoms with Crippen LogP contribution in [0.5, 0.6) is 0 Å². The fourth-order valence-corrected chi connectivity index (χ4v) is 8.82. The highest BCUT2D eigenvalue weighted by Crippen LogP contribution is 2.43. The molecule has 0 bridgehead atoms. The average molecular weight is 1000 g/mol. The SMILES string of the molecule is CC/C=C\C/C=C\C/C=C\C/C=C\C/C=C\CCCCCCCCCCCCCC(=O)NC(COP(=O)(O)OCC[N+](C)(C)C)C(O)/C=C/CC/C=C/CCCCCCCCCCCCCCCCC. The lowest BCUT2D eigenvalue weighted by Crippen LogP contribution is -2.45. The maximum atomic E-state index is 13.0. The number of hydrogen-bond acceptors (Lipinski definition) is 5. The van der Waals surface area contributed by atoms with Gasteiger partial charge in [0.2, 0.25) is 5.91 Å². The molecule has 8 nitrogen and oxygen atoms in total. The predicted molar refractivity (Wildman–Crippen MR) is 304 cm³/mol. The van der Waals surface area contributed by atoms with Gasteiger partial charge in [0, 0.05) is 6.42 Å². The van der Waals surface area contributed by atoms with Crippen LogP contribution in [0.1, 0.15) is 245 Å². The number of phosphoric ester groups is 1. The molecule has 0 aliphatic rings. The molecule has 70 heavy (non-hydrogen) atoms. The summed E-state index contributed by atoms with van der Waals surface area (Å²) < 4.78 is 23.7. The molecule has 0 aromatic carbocycles. The van der Waals surface area contributed by atoms with Crippen LogP contribution in [0.3, 0.4) is 0 Å². The van der Waals surface area contributed by atoms with E-state index in [1.54, 1.807) is 6.08 Å². The Labute approximate surface area is 433 Å². The van der Waals surface area contributed by atoms with Crippen LogP contribution in [0, 0.1) is 0 Å². The molecule has 0 rings (SSSR count). The molecule has 0 aromatic rings. The van der Waals surface area contributed by atoms with Gasteiger partial charge in [0.25, 0.3) is 0 Å². The van der Waals surface area contributed by atoms with Crippen LogP contribution in [0.4, 0.5) is 0 Å². The number of allylic oxidation sites excluding steroid dienone is 13. The highest BCUT2D eigenvalue weighted by Gasteiger charge is 2.27. The molecule has 0 heterocycles. The van der Waals surface area contributed by atoms with Crippen molar-refractivity contribution in [1.29, 1.82) is 0 Å². The van der Waals surface area contributed by atoms with Crippen LogP contribution in [-0.4, -0.2) is 73.4 Å². The van der Waals surface area contributed by atoms with Crippen molar-refractivity contribution in [1.82, 2.24) is 5.32 Å². The lowest BCUT2D eigenvalue weighted by molar-refractivity contribution is -0.870. The molecule has 3 atom stereocenters. The molecule has 406 valence electrons. The normalized spacial score (nSPS) is 14.6. The first-order valence-electron chi connectivity index (χ1n) is 29.0. The Morgan fingerprint density at radius 3 is 1.31 bits per heavy atom. The number of aliphatic hydroxyl groups excluding tert-OH is 1. The summed E-state index contributed by atoms with van der Waals surface area (Å²) in [4.78, 5) is 23.3. The van der Waals surface area contributed by atoms with Gasteiger partial charge in [-0.2, -0.15) is 0 Å². The Balaban J connectivity index is 4.26. The summed E-state index contributed by atoms with van der Waals surface area (Å²) in [6.07, 6.45) is 72.5. The summed E-state index contributed by atoms with van der Waals surface area (Å²) in [5.41, 5.74) is 0. The highest BCUT2D eigenvalue weighted by atomic mass is 31.2. The van der Waals surface area contributed by atoms with E-state index in [0.717, 1.165) is 70.6 Å². The molecule has 0 radical (unpaired) electrons. The van der Waals surface area contributed by atoms with E-state index in [4.69, 9.17) is 9.05 Å². The number of nitrogens with zero attached hydrogens (tertiary/aromatic N) is 1. The first kappa shape index (κ1) is 67.7. The van der Waals surface area contributed by atoms with Gasteiger partial charge in [-0.1, -0.05) is 247 Å². The number of likely N-dealkylation sites (N-methyl/N-ethyl adjacent to an activating group) is 1. The van der Waals surface area contributed by atoms with Crippen LogP contribution in [0.15, 0.2) is 85.1 Å². The summed E-state index contributed by atoms with van der Waals surface area (Å²) in [6, 6.07) is -0.870. The van der Waals surface area contributed by atoms with Gasteiger partial charge in [-0.25, -0.2) is 4.57 Å². The zero-order valence-corrected chi connectivity index (χ0v) is 47.1. The number of rotatable bonds is 52. The highest BCUT2D eigenvalue weighted by molar-refractivity contribution is 7.47. The monoisotopic (exact) mass is 1000 g/mol. The van der Waals surface area contributed by atoms with Crippen LogP contribution in [-0.2, 0) is 18.4 Å². The second-order valence-electron chi connectivity index (χ2n) is 20.6. The molecule has 3 unspecified atom stereocenters. The Morgan fingerprint density at radius 1 is 0.500 bits per heavy atom. The molecule has 0 aliphatic heterocycles. The van der Waals surface area contributed by atoms with E-state index in [1.807, 2.05) is 27.2 Å². The largest absolute Gasteiger partial charge is 0.472 e. The minimum absolute atomic E-state index is 0.0523. The number of aliphatic hydroxyl groups is 1. The summed E-state index contributed by atoms with van der Waals surface area (Å²) in [5, 5.41) is 13.9. The van der Waals surface area contributed by atoms with E-state index in [2.05, 4.69) is 92.1 Å². The molecule has 1 amide bonds. The standard InChI is InChI=1S/C61H111N2O6P/c1-6-8-10-12-14-16-18-20-22-24-26-28-29-30-31-32-33-35-37-39-41-43-45-47-49-51-53-55-61(65)62-59(58-69-70(66,67)68-57-56-63(3,4)5)60(64)54-52-50-48-46-44-42-40-38-36-34-27-25-23-21-19-17-15-13-11-9-7-2/h8,10,14,16,20,22,26,28,30-31,44,46,52,54,59-60,64H,6-7,9,11-13,15,17-19,21,23-25,27,29,32-43,45,47-51,53,55-58H2,1-5H3,(H-,62,65,66,67)/p+1/b10-8-,16-14-,22-20-,28-26-,31-30-,46-44+,54-52+. The maximum absolute atomic E-state index is 13.0. The van der Waals surface area contributed by atoms with E-state index in [-0.39, 0.29) is 19.1 Å². The second-order valence-corrected chi connectivity index (χ2v) is 22.1. The number of hydrogen-bond donors (Lipinski definition) is 3. The number of phosphoric acid groups is 1. The van der Waals surface area contributed by atoms with Crippen molar-refractivity contribution < 1.29 is 32.9 Å². The first-order chi connectivity index (χ1) is 34.0. The molecular formula is C61H112N2O6P+. The Morgan fingerprint density at radius 2 is 0.871 bits per heavy atom. The summed E-state index contributed by atoms with van der Waals surface area (Å²) in [5.74, 6) is -0.192. The fraction of sp³-hybridized carbons (Fsp3) is 0.754. The Bertz CT molecular complexity index is 1410. The van der Waals surface area contributed by atoms with E-state index in [1.165, 1.54) is 154 Å². The van der Waals surface area contributed by atoms with Crippen molar-refractivity contribution in [2.24, 2.45) is 0 Å². The Hall–Kier alpha value is -2.32. The third-order valence-corrected chi connectivity index (χ3v) is 13.6. The van der Waals surface area contributed by atoms with E-state index in [9.17, 15) is 19.4 Å². The van der Waals surface area contributed by atoms with Crippen molar-refractivity contribution in [3.8, 4) is 0 Å². The number of carbonyl (C=O) groups excluding carboxylic acids is 1. The zero-order chi connectivity index (χ0) is 51.3. The topological polar surface area (TPSA) is 105 Å². The number of carbonyl (C=O) groups is 1.